The Kier molecular flexibility index (Phi) is 7.36. The van der Waals surface area contributed by atoms with E-state index in [4.69, 9.17) is 10.7 Å². The van der Waals surface area contributed by atoms with Gasteiger partial charge in [0.15, 0.2) is 0 Å². The van der Waals surface area contributed by atoms with Crippen molar-refractivity contribution in [2.45, 2.75) is 39.2 Å². The van der Waals surface area contributed by atoms with Crippen LogP contribution in [0.15, 0.2) is 59.4 Å². The number of likely N-dealkylation sites (tertiary alicyclic amines) is 1. The highest BCUT2D eigenvalue weighted by Crippen LogP contribution is 2.28. The summed E-state index contributed by atoms with van der Waals surface area (Å²) in [6, 6.07) is 12.9. The molecule has 5 rings (SSSR count). The highest BCUT2D eigenvalue weighted by atomic mass is 19.1. The van der Waals surface area contributed by atoms with Crippen molar-refractivity contribution in [3.63, 3.8) is 0 Å². The Morgan fingerprint density at radius 3 is 2.56 bits per heavy atom. The number of benzene rings is 2. The SMILES string of the molecule is CCC(Nc1nc(N)nc(C)c1/C=C/C(=O)N1CCCC1)c1nc2cccc(F)c2c(=O)n1-c1ccccc1. The third-order valence-electron chi connectivity index (χ3n) is 6.88. The normalized spacial score (nSPS) is 14.3. The summed E-state index contributed by atoms with van der Waals surface area (Å²) in [5.41, 5.74) is 7.52. The molecular weight excluding hydrogens is 497 g/mol. The lowest BCUT2D eigenvalue weighted by Gasteiger charge is -2.23. The first-order chi connectivity index (χ1) is 18.9. The summed E-state index contributed by atoms with van der Waals surface area (Å²) in [5.74, 6) is 0.173. The second-order valence-corrected chi connectivity index (χ2v) is 9.48. The summed E-state index contributed by atoms with van der Waals surface area (Å²) >= 11 is 0. The Bertz CT molecular complexity index is 1610. The van der Waals surface area contributed by atoms with E-state index >= 15 is 0 Å². The maximum Gasteiger partial charge on any atom is 0.269 e. The van der Waals surface area contributed by atoms with Gasteiger partial charge < -0.3 is 16.0 Å². The zero-order chi connectivity index (χ0) is 27.5. The highest BCUT2D eigenvalue weighted by Gasteiger charge is 2.23. The molecular formula is C29H30FN7O2. The molecule has 1 saturated heterocycles. The first-order valence-electron chi connectivity index (χ1n) is 13.0. The van der Waals surface area contributed by atoms with E-state index < -0.39 is 17.4 Å². The maximum atomic E-state index is 14.8. The number of rotatable bonds is 7. The van der Waals surface area contributed by atoms with Crippen LogP contribution in [-0.2, 0) is 4.79 Å². The van der Waals surface area contributed by atoms with E-state index in [9.17, 15) is 14.0 Å². The molecule has 4 aromatic rings. The molecule has 1 unspecified atom stereocenters. The fourth-order valence-corrected chi connectivity index (χ4v) is 4.89. The third-order valence-corrected chi connectivity index (χ3v) is 6.88. The Labute approximate surface area is 225 Å². The fourth-order valence-electron chi connectivity index (χ4n) is 4.89. The number of nitrogen functional groups attached to an aromatic ring is 1. The topological polar surface area (TPSA) is 119 Å². The number of hydrogen-bond acceptors (Lipinski definition) is 7. The number of nitrogens with two attached hydrogens (primary N) is 1. The molecule has 1 aliphatic heterocycles. The van der Waals surface area contributed by atoms with E-state index in [2.05, 4.69) is 15.3 Å². The van der Waals surface area contributed by atoms with Gasteiger partial charge in [-0.05, 0) is 56.5 Å². The summed E-state index contributed by atoms with van der Waals surface area (Å²) in [6.07, 6.45) is 5.73. The van der Waals surface area contributed by atoms with E-state index in [-0.39, 0.29) is 22.8 Å². The first kappa shape index (κ1) is 26.0. The number of halogens is 1. The van der Waals surface area contributed by atoms with Gasteiger partial charge in [-0.1, -0.05) is 31.2 Å². The van der Waals surface area contributed by atoms with Crippen LogP contribution < -0.4 is 16.6 Å². The Morgan fingerprint density at radius 2 is 1.85 bits per heavy atom. The molecule has 3 N–H and O–H groups in total. The maximum absolute atomic E-state index is 14.8. The van der Waals surface area contributed by atoms with Crippen molar-refractivity contribution in [1.82, 2.24) is 24.4 Å². The van der Waals surface area contributed by atoms with E-state index in [1.807, 2.05) is 17.9 Å². The summed E-state index contributed by atoms with van der Waals surface area (Å²) < 4.78 is 16.2. The molecule has 2 aromatic heterocycles. The van der Waals surface area contributed by atoms with Gasteiger partial charge >= 0.3 is 0 Å². The molecule has 0 aliphatic carbocycles. The van der Waals surface area contributed by atoms with Crippen LogP contribution in [0.4, 0.5) is 16.2 Å². The third kappa shape index (κ3) is 5.22. The minimum atomic E-state index is -0.628. The number of para-hydroxylation sites is 1. The summed E-state index contributed by atoms with van der Waals surface area (Å²) in [4.78, 5) is 41.6. The lowest BCUT2D eigenvalue weighted by molar-refractivity contribution is -0.124. The molecule has 10 heteroatoms. The fraction of sp³-hybridized carbons (Fsp3) is 0.276. The van der Waals surface area contributed by atoms with Crippen molar-refractivity contribution < 1.29 is 9.18 Å². The average molecular weight is 528 g/mol. The number of aryl methyl sites for hydroxylation is 1. The molecule has 1 atom stereocenters. The second-order valence-electron chi connectivity index (χ2n) is 9.48. The van der Waals surface area contributed by atoms with E-state index in [1.165, 1.54) is 22.8 Å². The van der Waals surface area contributed by atoms with Gasteiger partial charge in [-0.15, -0.1) is 0 Å². The molecule has 200 valence electrons. The van der Waals surface area contributed by atoms with Crippen LogP contribution in [0.1, 0.15) is 49.3 Å². The van der Waals surface area contributed by atoms with Crippen LogP contribution in [-0.4, -0.2) is 43.4 Å². The Hall–Kier alpha value is -4.60. The van der Waals surface area contributed by atoms with Crippen LogP contribution in [0.2, 0.25) is 0 Å². The molecule has 3 heterocycles. The minimum absolute atomic E-state index is 0.0712. The molecule has 1 fully saturated rings. The van der Waals surface area contributed by atoms with E-state index in [0.29, 0.717) is 35.0 Å². The molecule has 0 radical (unpaired) electrons. The van der Waals surface area contributed by atoms with Crippen LogP contribution in [0.5, 0.6) is 0 Å². The van der Waals surface area contributed by atoms with Gasteiger partial charge in [0, 0.05) is 24.7 Å². The molecule has 1 aliphatic rings. The van der Waals surface area contributed by atoms with Crippen molar-refractivity contribution in [1.29, 1.82) is 0 Å². The molecule has 0 saturated carbocycles. The number of fused-ring (bicyclic) bond motifs is 1. The Morgan fingerprint density at radius 1 is 1.10 bits per heavy atom. The van der Waals surface area contributed by atoms with E-state index in [1.54, 1.807) is 43.3 Å². The van der Waals surface area contributed by atoms with Crippen LogP contribution in [0, 0.1) is 12.7 Å². The number of aromatic nitrogens is 4. The summed E-state index contributed by atoms with van der Waals surface area (Å²) in [5, 5.41) is 3.30. The molecule has 9 nitrogen and oxygen atoms in total. The lowest BCUT2D eigenvalue weighted by Crippen LogP contribution is -2.29. The Balaban J connectivity index is 1.61. The molecule has 0 bridgehead atoms. The minimum Gasteiger partial charge on any atom is -0.368 e. The van der Waals surface area contributed by atoms with Gasteiger partial charge in [0.25, 0.3) is 5.56 Å². The van der Waals surface area contributed by atoms with Gasteiger partial charge in [-0.2, -0.15) is 4.98 Å². The molecule has 0 spiro atoms. The van der Waals surface area contributed by atoms with Gasteiger partial charge in [0.1, 0.15) is 22.8 Å². The van der Waals surface area contributed by atoms with Crippen molar-refractivity contribution in [2.75, 3.05) is 24.1 Å². The number of carbonyl (C=O) groups excluding carboxylic acids is 1. The van der Waals surface area contributed by atoms with Crippen molar-refractivity contribution >= 4 is 34.7 Å². The number of carbonyl (C=O) groups is 1. The zero-order valence-electron chi connectivity index (χ0n) is 21.9. The van der Waals surface area contributed by atoms with Gasteiger partial charge in [0.05, 0.1) is 22.9 Å². The molecule has 1 amide bonds. The summed E-state index contributed by atoms with van der Waals surface area (Å²) in [7, 11) is 0. The number of nitrogens with zero attached hydrogens (tertiary/aromatic N) is 5. The molecule has 2 aromatic carbocycles. The number of amides is 1. The molecule has 39 heavy (non-hydrogen) atoms. The van der Waals surface area contributed by atoms with Crippen LogP contribution >= 0.6 is 0 Å². The summed E-state index contributed by atoms with van der Waals surface area (Å²) in [6.45, 7) is 5.23. The van der Waals surface area contributed by atoms with Crippen molar-refractivity contribution in [2.24, 2.45) is 0 Å². The lowest BCUT2D eigenvalue weighted by atomic mass is 10.1. The predicted octanol–water partition coefficient (Wildman–Crippen LogP) is 4.40. The van der Waals surface area contributed by atoms with Gasteiger partial charge in [0.2, 0.25) is 11.9 Å². The zero-order valence-corrected chi connectivity index (χ0v) is 21.9. The standard InChI is InChI=1S/C29H30FN7O2/c1-3-22(33-26-20(18(2)32-29(31)35-26)14-15-24(38)36-16-7-8-17-36)27-34-23-13-9-12-21(30)25(23)28(39)37(27)19-10-5-4-6-11-19/h4-6,9-15,22H,3,7-8,16-17H2,1-2H3,(H3,31,32,33,35)/b15-14+. The van der Waals surface area contributed by atoms with Crippen LogP contribution in [0.3, 0.4) is 0 Å². The number of anilines is 2. The van der Waals surface area contributed by atoms with Crippen molar-refractivity contribution in [3.05, 3.63) is 87.9 Å². The first-order valence-corrected chi connectivity index (χ1v) is 13.0. The number of hydrogen-bond donors (Lipinski definition) is 2. The smallest absolute Gasteiger partial charge is 0.269 e. The van der Waals surface area contributed by atoms with E-state index in [0.717, 1.165) is 25.9 Å². The quantitative estimate of drug-likeness (QED) is 0.342. The average Bonchev–Trinajstić information content (AvgIpc) is 3.47. The highest BCUT2D eigenvalue weighted by molar-refractivity contribution is 5.93. The second kappa shape index (κ2) is 11.0. The van der Waals surface area contributed by atoms with Gasteiger partial charge in [-0.25, -0.2) is 14.4 Å². The number of nitrogens with one attached hydrogen (secondary N) is 1. The predicted molar refractivity (Wildman–Crippen MR) is 150 cm³/mol. The largest absolute Gasteiger partial charge is 0.368 e. The van der Waals surface area contributed by atoms with Crippen molar-refractivity contribution in [3.8, 4) is 5.69 Å². The van der Waals surface area contributed by atoms with Gasteiger partial charge in [-0.3, -0.25) is 14.2 Å². The van der Waals surface area contributed by atoms with Crippen LogP contribution in [0.25, 0.3) is 22.7 Å². The monoisotopic (exact) mass is 527 g/mol.